The molecule has 12 heavy (non-hydrogen) atoms. The number of carbonyl (C=O) groups excluding carboxylic acids is 1. The Balaban J connectivity index is 2.98. The molecule has 0 fully saturated rings. The number of rotatable bonds is 1. The van der Waals surface area contributed by atoms with E-state index in [-0.39, 0.29) is 17.0 Å². The lowest BCUT2D eigenvalue weighted by atomic mass is 10.0. The average Bonchev–Trinajstić information content (AvgIpc) is 2.08. The van der Waals surface area contributed by atoms with Crippen molar-refractivity contribution in [2.45, 2.75) is 0 Å². The molecule has 0 aromatic rings. The second kappa shape index (κ2) is 3.13. The molecule has 0 heterocycles. The number of carbonyl (C=O) groups is 1. The Bertz CT molecular complexity index is 313. The molecule has 1 rings (SSSR count). The van der Waals surface area contributed by atoms with E-state index in [1.165, 1.54) is 19.3 Å². The van der Waals surface area contributed by atoms with E-state index in [0.29, 0.717) is 0 Å². The van der Waals surface area contributed by atoms with E-state index in [9.17, 15) is 4.79 Å². The summed E-state index contributed by atoms with van der Waals surface area (Å²) in [5.74, 6) is -0.575. The molecule has 0 aromatic heterocycles. The predicted octanol–water partition coefficient (Wildman–Crippen LogP) is 0.695. The van der Waals surface area contributed by atoms with Crippen LogP contribution in [0, 0.1) is 10.8 Å². The SMILES string of the molecule is COC(=O)C1=CC=CC(=N)C1=N. The molecule has 0 aliphatic heterocycles. The van der Waals surface area contributed by atoms with Crippen LogP contribution in [0.4, 0.5) is 0 Å². The van der Waals surface area contributed by atoms with E-state index in [2.05, 4.69) is 4.74 Å². The quantitative estimate of drug-likeness (QED) is 0.442. The first-order valence-corrected chi connectivity index (χ1v) is 3.31. The van der Waals surface area contributed by atoms with Gasteiger partial charge >= 0.3 is 5.97 Å². The zero-order chi connectivity index (χ0) is 9.14. The molecule has 2 N–H and O–H groups in total. The van der Waals surface area contributed by atoms with Crippen LogP contribution in [-0.2, 0) is 9.53 Å². The summed E-state index contributed by atoms with van der Waals surface area (Å²) >= 11 is 0. The highest BCUT2D eigenvalue weighted by Crippen LogP contribution is 2.07. The second-order valence-electron chi connectivity index (χ2n) is 2.22. The molecule has 1 aliphatic rings. The molecule has 1 aliphatic carbocycles. The van der Waals surface area contributed by atoms with Gasteiger partial charge in [-0.2, -0.15) is 0 Å². The van der Waals surface area contributed by atoms with Crippen molar-refractivity contribution in [3.8, 4) is 0 Å². The Labute approximate surface area is 69.6 Å². The van der Waals surface area contributed by atoms with Gasteiger partial charge in [-0.1, -0.05) is 6.08 Å². The van der Waals surface area contributed by atoms with E-state index in [1.54, 1.807) is 6.08 Å². The molecule has 0 unspecified atom stereocenters. The number of hydrogen-bond donors (Lipinski definition) is 2. The van der Waals surface area contributed by atoms with E-state index in [0.717, 1.165) is 0 Å². The van der Waals surface area contributed by atoms with Gasteiger partial charge in [-0.25, -0.2) is 4.79 Å². The summed E-state index contributed by atoms with van der Waals surface area (Å²) in [4.78, 5) is 11.0. The summed E-state index contributed by atoms with van der Waals surface area (Å²) in [6, 6.07) is 0. The maximum atomic E-state index is 11.0. The van der Waals surface area contributed by atoms with Crippen molar-refractivity contribution in [2.24, 2.45) is 0 Å². The van der Waals surface area contributed by atoms with Gasteiger partial charge in [0.1, 0.15) is 0 Å². The molecule has 0 saturated carbocycles. The summed E-state index contributed by atoms with van der Waals surface area (Å²) in [7, 11) is 1.25. The second-order valence-corrected chi connectivity index (χ2v) is 2.22. The molecular formula is C8H8N2O2. The molecule has 0 bridgehead atoms. The molecule has 62 valence electrons. The third-order valence-corrected chi connectivity index (χ3v) is 1.47. The van der Waals surface area contributed by atoms with Crippen molar-refractivity contribution in [1.82, 2.24) is 0 Å². The van der Waals surface area contributed by atoms with Crippen LogP contribution in [0.3, 0.4) is 0 Å². The lowest BCUT2D eigenvalue weighted by molar-refractivity contribution is -0.135. The molecule has 0 spiro atoms. The topological polar surface area (TPSA) is 74.0 Å². The number of ether oxygens (including phenoxy) is 1. The Kier molecular flexibility index (Phi) is 2.19. The smallest absolute Gasteiger partial charge is 0.340 e. The number of methoxy groups -OCH3 is 1. The zero-order valence-corrected chi connectivity index (χ0v) is 6.55. The highest BCUT2D eigenvalue weighted by Gasteiger charge is 2.18. The summed E-state index contributed by atoms with van der Waals surface area (Å²) in [6.45, 7) is 0. The fraction of sp³-hybridized carbons (Fsp3) is 0.125. The first-order valence-electron chi connectivity index (χ1n) is 3.31. The Morgan fingerprint density at radius 2 is 2.17 bits per heavy atom. The summed E-state index contributed by atoms with van der Waals surface area (Å²) in [5.41, 5.74) is 0.0623. The highest BCUT2D eigenvalue weighted by molar-refractivity contribution is 6.55. The first-order chi connectivity index (χ1) is 5.66. The van der Waals surface area contributed by atoms with Crippen molar-refractivity contribution in [3.63, 3.8) is 0 Å². The predicted molar refractivity (Wildman–Crippen MR) is 44.7 cm³/mol. The van der Waals surface area contributed by atoms with Crippen LogP contribution in [-0.4, -0.2) is 24.5 Å². The maximum absolute atomic E-state index is 11.0. The monoisotopic (exact) mass is 164 g/mol. The van der Waals surface area contributed by atoms with Crippen LogP contribution in [0.2, 0.25) is 0 Å². The number of nitrogens with one attached hydrogen (secondary N) is 2. The van der Waals surface area contributed by atoms with Crippen molar-refractivity contribution in [3.05, 3.63) is 23.8 Å². The van der Waals surface area contributed by atoms with Gasteiger partial charge < -0.3 is 4.74 Å². The van der Waals surface area contributed by atoms with Crippen molar-refractivity contribution in [2.75, 3.05) is 7.11 Å². The Morgan fingerprint density at radius 3 is 2.75 bits per heavy atom. The van der Waals surface area contributed by atoms with Gasteiger partial charge in [-0.15, -0.1) is 0 Å². The molecular weight excluding hydrogens is 156 g/mol. The Hall–Kier alpha value is -1.71. The van der Waals surface area contributed by atoms with Crippen LogP contribution in [0.5, 0.6) is 0 Å². The zero-order valence-electron chi connectivity index (χ0n) is 6.55. The molecule has 0 aromatic carbocycles. The largest absolute Gasteiger partial charge is 0.465 e. The summed E-state index contributed by atoms with van der Waals surface area (Å²) in [6.07, 6.45) is 4.47. The lowest BCUT2D eigenvalue weighted by Gasteiger charge is -2.08. The minimum absolute atomic E-state index is 0.0258. The Morgan fingerprint density at radius 1 is 1.50 bits per heavy atom. The van der Waals surface area contributed by atoms with Crippen LogP contribution in [0.25, 0.3) is 0 Å². The van der Waals surface area contributed by atoms with Gasteiger partial charge in [0.2, 0.25) is 0 Å². The molecule has 0 amide bonds. The summed E-state index contributed by atoms with van der Waals surface area (Å²) in [5, 5.41) is 14.6. The van der Waals surface area contributed by atoms with Gasteiger partial charge in [0.05, 0.1) is 24.1 Å². The number of hydrogen-bond acceptors (Lipinski definition) is 4. The maximum Gasteiger partial charge on any atom is 0.340 e. The van der Waals surface area contributed by atoms with Gasteiger partial charge in [0, 0.05) is 0 Å². The minimum atomic E-state index is -0.575. The highest BCUT2D eigenvalue weighted by atomic mass is 16.5. The number of esters is 1. The fourth-order valence-electron chi connectivity index (χ4n) is 0.832. The molecule has 0 radical (unpaired) electrons. The van der Waals surface area contributed by atoms with Crippen molar-refractivity contribution < 1.29 is 9.53 Å². The lowest BCUT2D eigenvalue weighted by Crippen LogP contribution is -2.21. The van der Waals surface area contributed by atoms with Gasteiger partial charge in [0.25, 0.3) is 0 Å². The van der Waals surface area contributed by atoms with E-state index in [4.69, 9.17) is 10.8 Å². The number of allylic oxidation sites excluding steroid dienone is 3. The summed E-state index contributed by atoms with van der Waals surface area (Å²) < 4.78 is 4.43. The van der Waals surface area contributed by atoms with Gasteiger partial charge in [0.15, 0.2) is 0 Å². The van der Waals surface area contributed by atoms with Crippen LogP contribution < -0.4 is 0 Å². The first kappa shape index (κ1) is 8.39. The van der Waals surface area contributed by atoms with Crippen molar-refractivity contribution >= 4 is 17.4 Å². The third-order valence-electron chi connectivity index (χ3n) is 1.47. The third kappa shape index (κ3) is 1.32. The minimum Gasteiger partial charge on any atom is -0.465 e. The van der Waals surface area contributed by atoms with Crippen molar-refractivity contribution in [1.29, 1.82) is 10.8 Å². The van der Waals surface area contributed by atoms with Crippen LogP contribution in [0.15, 0.2) is 23.8 Å². The fourth-order valence-corrected chi connectivity index (χ4v) is 0.832. The van der Waals surface area contributed by atoms with Crippen LogP contribution >= 0.6 is 0 Å². The molecule has 0 atom stereocenters. The normalized spacial score (nSPS) is 15.9. The van der Waals surface area contributed by atoms with E-state index < -0.39 is 5.97 Å². The van der Waals surface area contributed by atoms with Crippen LogP contribution in [0.1, 0.15) is 0 Å². The van der Waals surface area contributed by atoms with E-state index >= 15 is 0 Å². The van der Waals surface area contributed by atoms with Gasteiger partial charge in [-0.05, 0) is 12.2 Å². The molecule has 0 saturated heterocycles. The molecule has 4 nitrogen and oxygen atoms in total. The molecule has 4 heteroatoms. The standard InChI is InChI=1S/C8H8N2O2/c1-12-8(11)5-3-2-4-6(9)7(5)10/h2-4,9-10H,1H3. The van der Waals surface area contributed by atoms with Gasteiger partial charge in [-0.3, -0.25) is 10.8 Å². The van der Waals surface area contributed by atoms with E-state index in [1.807, 2.05) is 0 Å². The average molecular weight is 164 g/mol.